The normalized spacial score (nSPS) is 11.2. The van der Waals surface area contributed by atoms with Gasteiger partial charge in [-0.1, -0.05) is 11.8 Å². The van der Waals surface area contributed by atoms with Crippen molar-refractivity contribution in [2.24, 2.45) is 0 Å². The number of rotatable bonds is 6. The lowest BCUT2D eigenvalue weighted by Crippen LogP contribution is -2.25. The number of aromatic nitrogens is 3. The van der Waals surface area contributed by atoms with Crippen LogP contribution in [0.3, 0.4) is 0 Å². The van der Waals surface area contributed by atoms with Gasteiger partial charge in [0.25, 0.3) is 0 Å². The molecule has 1 heterocycles. The van der Waals surface area contributed by atoms with E-state index in [0.717, 1.165) is 11.8 Å². The van der Waals surface area contributed by atoms with Gasteiger partial charge < -0.3 is 20.1 Å². The van der Waals surface area contributed by atoms with Crippen molar-refractivity contribution in [3.05, 3.63) is 18.2 Å². The van der Waals surface area contributed by atoms with Gasteiger partial charge >= 0.3 is 5.97 Å². The van der Waals surface area contributed by atoms with E-state index in [2.05, 4.69) is 10.2 Å². The van der Waals surface area contributed by atoms with Crippen LogP contribution in [0.2, 0.25) is 0 Å². The lowest BCUT2D eigenvalue weighted by Gasteiger charge is -2.19. The second-order valence-corrected chi connectivity index (χ2v) is 7.06. The van der Waals surface area contributed by atoms with Crippen LogP contribution in [0.15, 0.2) is 23.4 Å². The Morgan fingerprint density at radius 3 is 2.56 bits per heavy atom. The number of nitrogens with zero attached hydrogens (tertiary/aromatic N) is 3. The molecule has 1 aromatic heterocycles. The molecule has 0 aliphatic heterocycles. The van der Waals surface area contributed by atoms with Crippen LogP contribution in [0.1, 0.15) is 20.8 Å². The van der Waals surface area contributed by atoms with Crippen LogP contribution < -0.4 is 15.3 Å². The molecule has 0 bridgehead atoms. The van der Waals surface area contributed by atoms with Gasteiger partial charge in [-0.3, -0.25) is 4.79 Å². The van der Waals surface area contributed by atoms with Crippen molar-refractivity contribution in [1.29, 1.82) is 0 Å². The fourth-order valence-corrected chi connectivity index (χ4v) is 2.67. The minimum Gasteiger partial charge on any atom is -0.497 e. The molecule has 0 aliphatic carbocycles. The summed E-state index contributed by atoms with van der Waals surface area (Å²) in [5.41, 5.74) is 0.137. The lowest BCUT2D eigenvalue weighted by molar-refractivity contribution is -0.151. The van der Waals surface area contributed by atoms with E-state index in [1.165, 1.54) is 4.68 Å². The molecule has 0 saturated heterocycles. The molecule has 0 atom stereocenters. The van der Waals surface area contributed by atoms with Gasteiger partial charge in [0.2, 0.25) is 5.16 Å². The number of carbonyl (C=O) groups is 1. The Hall–Kier alpha value is -2.42. The van der Waals surface area contributed by atoms with E-state index in [1.54, 1.807) is 32.4 Å². The molecule has 0 spiro atoms. The van der Waals surface area contributed by atoms with Crippen molar-refractivity contribution in [1.82, 2.24) is 14.9 Å². The van der Waals surface area contributed by atoms with Gasteiger partial charge in [0, 0.05) is 6.07 Å². The number of nitrogen functional groups attached to an aromatic ring is 1. The molecule has 0 aliphatic rings. The highest BCUT2D eigenvalue weighted by Gasteiger charge is 2.20. The molecule has 0 unspecified atom stereocenters. The average Bonchev–Trinajstić information content (AvgIpc) is 2.91. The van der Waals surface area contributed by atoms with E-state index in [-0.39, 0.29) is 11.7 Å². The number of nitrogens with two attached hydrogens (primary N) is 1. The second kappa shape index (κ2) is 7.64. The van der Waals surface area contributed by atoms with Gasteiger partial charge in [-0.2, -0.15) is 0 Å². The Morgan fingerprint density at radius 1 is 1.24 bits per heavy atom. The number of thioether (sulfide) groups is 1. The summed E-state index contributed by atoms with van der Waals surface area (Å²) < 4.78 is 17.1. The summed E-state index contributed by atoms with van der Waals surface area (Å²) in [6.45, 7) is 5.44. The third kappa shape index (κ3) is 4.79. The molecular weight excluding hydrogens is 344 g/mol. The summed E-state index contributed by atoms with van der Waals surface area (Å²) in [5, 5.41) is 8.53. The largest absolute Gasteiger partial charge is 0.497 e. The maximum Gasteiger partial charge on any atom is 0.316 e. The smallest absolute Gasteiger partial charge is 0.316 e. The molecule has 25 heavy (non-hydrogen) atoms. The number of hydrogen-bond acceptors (Lipinski definition) is 8. The van der Waals surface area contributed by atoms with E-state index in [0.29, 0.717) is 28.0 Å². The van der Waals surface area contributed by atoms with Crippen molar-refractivity contribution in [3.8, 4) is 22.9 Å². The molecule has 9 heteroatoms. The predicted molar refractivity (Wildman–Crippen MR) is 95.3 cm³/mol. The SMILES string of the molecule is COc1ccc(-c2nnc(SCC(=O)OC(C)(C)C)n2N)c(OC)c1. The molecule has 2 aromatic rings. The van der Waals surface area contributed by atoms with Crippen molar-refractivity contribution >= 4 is 17.7 Å². The molecule has 2 rings (SSSR count). The first-order chi connectivity index (χ1) is 11.7. The summed E-state index contributed by atoms with van der Waals surface area (Å²) in [4.78, 5) is 11.8. The van der Waals surface area contributed by atoms with Crippen LogP contribution in [-0.4, -0.2) is 46.4 Å². The molecule has 1 aromatic carbocycles. The Kier molecular flexibility index (Phi) is 5.78. The van der Waals surface area contributed by atoms with Gasteiger partial charge in [0.15, 0.2) is 5.82 Å². The van der Waals surface area contributed by atoms with Crippen LogP contribution in [0, 0.1) is 0 Å². The third-order valence-corrected chi connectivity index (χ3v) is 3.97. The van der Waals surface area contributed by atoms with Crippen LogP contribution in [0.25, 0.3) is 11.4 Å². The van der Waals surface area contributed by atoms with Crippen LogP contribution in [0.4, 0.5) is 0 Å². The zero-order valence-corrected chi connectivity index (χ0v) is 15.7. The highest BCUT2D eigenvalue weighted by molar-refractivity contribution is 7.99. The Labute approximate surface area is 150 Å². The summed E-state index contributed by atoms with van der Waals surface area (Å²) in [7, 11) is 3.12. The zero-order chi connectivity index (χ0) is 18.6. The zero-order valence-electron chi connectivity index (χ0n) is 14.9. The predicted octanol–water partition coefficient (Wildman–Crippen LogP) is 2.11. The number of benzene rings is 1. The van der Waals surface area contributed by atoms with Gasteiger partial charge in [0.1, 0.15) is 17.1 Å². The molecule has 8 nitrogen and oxygen atoms in total. The highest BCUT2D eigenvalue weighted by atomic mass is 32.2. The first-order valence-electron chi connectivity index (χ1n) is 7.52. The first-order valence-corrected chi connectivity index (χ1v) is 8.51. The maximum absolute atomic E-state index is 11.8. The quantitative estimate of drug-likeness (QED) is 0.471. The maximum atomic E-state index is 11.8. The van der Waals surface area contributed by atoms with Crippen LogP contribution in [-0.2, 0) is 9.53 Å². The minimum atomic E-state index is -0.532. The number of ether oxygens (including phenoxy) is 3. The van der Waals surface area contributed by atoms with Crippen molar-refractivity contribution in [2.75, 3.05) is 25.8 Å². The highest BCUT2D eigenvalue weighted by Crippen LogP contribution is 2.32. The Morgan fingerprint density at radius 2 is 1.96 bits per heavy atom. The van der Waals surface area contributed by atoms with E-state index < -0.39 is 5.60 Å². The fraction of sp³-hybridized carbons (Fsp3) is 0.438. The van der Waals surface area contributed by atoms with E-state index in [1.807, 2.05) is 20.8 Å². The number of hydrogen-bond donors (Lipinski definition) is 1. The average molecular weight is 366 g/mol. The minimum absolute atomic E-state index is 0.0896. The van der Waals surface area contributed by atoms with E-state index >= 15 is 0 Å². The van der Waals surface area contributed by atoms with Gasteiger partial charge in [-0.05, 0) is 32.9 Å². The number of carbonyl (C=O) groups excluding carboxylic acids is 1. The summed E-state index contributed by atoms with van der Waals surface area (Å²) in [6.07, 6.45) is 0. The van der Waals surface area contributed by atoms with Gasteiger partial charge in [-0.15, -0.1) is 10.2 Å². The number of esters is 1. The molecule has 0 radical (unpaired) electrons. The van der Waals surface area contributed by atoms with Crippen molar-refractivity contribution in [2.45, 2.75) is 31.5 Å². The van der Waals surface area contributed by atoms with E-state index in [9.17, 15) is 4.79 Å². The Bertz CT molecular complexity index is 755. The molecule has 136 valence electrons. The fourth-order valence-electron chi connectivity index (χ4n) is 2.04. The lowest BCUT2D eigenvalue weighted by atomic mass is 10.2. The van der Waals surface area contributed by atoms with Crippen LogP contribution in [0.5, 0.6) is 11.5 Å². The van der Waals surface area contributed by atoms with E-state index in [4.69, 9.17) is 20.1 Å². The Balaban J connectivity index is 2.17. The van der Waals surface area contributed by atoms with Crippen LogP contribution >= 0.6 is 11.8 Å². The summed E-state index contributed by atoms with van der Waals surface area (Å²) in [6, 6.07) is 5.30. The topological polar surface area (TPSA) is 101 Å². The summed E-state index contributed by atoms with van der Waals surface area (Å²) in [5.74, 6) is 7.46. The van der Waals surface area contributed by atoms with Crippen molar-refractivity contribution in [3.63, 3.8) is 0 Å². The molecule has 0 amide bonds. The summed E-state index contributed by atoms with van der Waals surface area (Å²) >= 11 is 1.16. The first kappa shape index (κ1) is 18.9. The molecule has 2 N–H and O–H groups in total. The van der Waals surface area contributed by atoms with Crippen molar-refractivity contribution < 1.29 is 19.0 Å². The standard InChI is InChI=1S/C16H22N4O4S/c1-16(2,3)24-13(21)9-25-15-19-18-14(20(15)17)11-7-6-10(22-4)8-12(11)23-5/h6-8H,9,17H2,1-5H3. The number of methoxy groups -OCH3 is 2. The monoisotopic (exact) mass is 366 g/mol. The van der Waals surface area contributed by atoms with Gasteiger partial charge in [0.05, 0.1) is 25.5 Å². The van der Waals surface area contributed by atoms with Gasteiger partial charge in [-0.25, -0.2) is 4.68 Å². The molecular formula is C16H22N4O4S. The second-order valence-electron chi connectivity index (χ2n) is 6.12. The third-order valence-electron chi connectivity index (χ3n) is 3.05. The molecule has 0 saturated carbocycles. The molecule has 0 fully saturated rings.